The van der Waals surface area contributed by atoms with Gasteiger partial charge in [0.2, 0.25) is 0 Å². The maximum atomic E-state index is 14.4. The lowest BCUT2D eigenvalue weighted by atomic mass is 10.1. The van der Waals surface area contributed by atoms with E-state index in [4.69, 9.17) is 4.74 Å². The van der Waals surface area contributed by atoms with E-state index in [1.807, 2.05) is 23.6 Å². The van der Waals surface area contributed by atoms with Crippen molar-refractivity contribution >= 4 is 39.8 Å². The number of rotatable bonds is 4. The minimum atomic E-state index is -0.416. The van der Waals surface area contributed by atoms with Crippen molar-refractivity contribution in [1.29, 1.82) is 5.26 Å². The van der Waals surface area contributed by atoms with Crippen molar-refractivity contribution in [3.63, 3.8) is 0 Å². The summed E-state index contributed by atoms with van der Waals surface area (Å²) in [5.41, 5.74) is 1.35. The number of thiazole rings is 1. The first-order valence-corrected chi connectivity index (χ1v) is 9.51. The summed E-state index contributed by atoms with van der Waals surface area (Å²) in [6.45, 7) is 0.896. The van der Waals surface area contributed by atoms with Gasteiger partial charge in [-0.05, 0) is 42.3 Å². The molecule has 1 aliphatic rings. The fourth-order valence-electron chi connectivity index (χ4n) is 2.75. The second-order valence-corrected chi connectivity index (χ2v) is 7.19. The molecule has 2 heterocycles. The minimum Gasteiger partial charge on any atom is -0.489 e. The van der Waals surface area contributed by atoms with Crippen molar-refractivity contribution < 1.29 is 9.13 Å². The van der Waals surface area contributed by atoms with E-state index in [0.29, 0.717) is 30.2 Å². The fraction of sp³-hybridized carbons (Fsp3) is 0.111. The second kappa shape index (κ2) is 7.23. The Morgan fingerprint density at radius 1 is 1.35 bits per heavy atom. The summed E-state index contributed by atoms with van der Waals surface area (Å²) in [5, 5.41) is 12.1. The predicted octanol–water partition coefficient (Wildman–Crippen LogP) is 4.80. The molecule has 0 atom stereocenters. The van der Waals surface area contributed by atoms with Crippen LogP contribution >= 0.6 is 23.3 Å². The average Bonchev–Trinajstić information content (AvgIpc) is 3.19. The summed E-state index contributed by atoms with van der Waals surface area (Å²) in [5.74, 6) is 0.245. The van der Waals surface area contributed by atoms with Crippen LogP contribution in [-0.4, -0.2) is 18.1 Å². The highest BCUT2D eigenvalue weighted by Gasteiger charge is 2.24. The molecule has 0 saturated heterocycles. The Hall–Kier alpha value is -2.76. The number of nitrogens with zero attached hydrogens (tertiary/aromatic N) is 3. The molecule has 0 saturated carbocycles. The fourth-order valence-corrected chi connectivity index (χ4v) is 4.00. The molecular formula is C18H13FN4OS2. The lowest BCUT2D eigenvalue weighted by Gasteiger charge is -2.32. The number of nitriles is 1. The van der Waals surface area contributed by atoms with Crippen molar-refractivity contribution in [2.45, 2.75) is 4.90 Å². The van der Waals surface area contributed by atoms with E-state index in [9.17, 15) is 9.65 Å². The Balaban J connectivity index is 1.64. The number of fused-ring (bicyclic) bond motifs is 1. The molecule has 0 amide bonds. The number of ether oxygens (including phenoxy) is 1. The van der Waals surface area contributed by atoms with Crippen LogP contribution in [0.2, 0.25) is 0 Å². The standard InChI is InChI=1S/C18H13FN4OS2/c19-14-3-1-2-12(11-20)17(14)23-7-8-24-16-10-13(4-5-15(16)23)26-22-18-21-6-9-25-18/h1-6,9-10H,7-8H2,(H,21,22). The smallest absolute Gasteiger partial charge is 0.192 e. The number of nitrogens with one attached hydrogen (secondary N) is 1. The summed E-state index contributed by atoms with van der Waals surface area (Å²) in [7, 11) is 0. The molecule has 0 bridgehead atoms. The SMILES string of the molecule is N#Cc1cccc(F)c1N1CCOc2cc(SNc3nccs3)ccc21. The van der Waals surface area contributed by atoms with Crippen LogP contribution in [0.15, 0.2) is 52.9 Å². The van der Waals surface area contributed by atoms with Gasteiger partial charge in [0.15, 0.2) is 5.13 Å². The molecule has 0 aliphatic carbocycles. The van der Waals surface area contributed by atoms with Crippen LogP contribution in [-0.2, 0) is 0 Å². The molecule has 1 aromatic heterocycles. The van der Waals surface area contributed by atoms with Gasteiger partial charge in [-0.1, -0.05) is 6.07 Å². The molecule has 8 heteroatoms. The van der Waals surface area contributed by atoms with E-state index in [-0.39, 0.29) is 0 Å². The normalized spacial score (nSPS) is 12.8. The molecule has 1 aliphatic heterocycles. The van der Waals surface area contributed by atoms with Crippen molar-refractivity contribution in [3.8, 4) is 11.8 Å². The summed E-state index contributed by atoms with van der Waals surface area (Å²) >= 11 is 2.95. The third-order valence-corrected chi connectivity index (χ3v) is 5.46. The minimum absolute atomic E-state index is 0.292. The first kappa shape index (κ1) is 16.7. The Labute approximate surface area is 158 Å². The van der Waals surface area contributed by atoms with Crippen molar-refractivity contribution in [2.24, 2.45) is 0 Å². The Bertz CT molecular complexity index is 972. The largest absolute Gasteiger partial charge is 0.489 e. The first-order valence-electron chi connectivity index (χ1n) is 7.81. The summed E-state index contributed by atoms with van der Waals surface area (Å²) < 4.78 is 23.4. The third-order valence-electron chi connectivity index (χ3n) is 3.86. The van der Waals surface area contributed by atoms with Crippen molar-refractivity contribution in [1.82, 2.24) is 4.98 Å². The monoisotopic (exact) mass is 384 g/mol. The third kappa shape index (κ3) is 3.19. The number of halogens is 1. The molecule has 0 unspecified atom stereocenters. The maximum Gasteiger partial charge on any atom is 0.192 e. The average molecular weight is 384 g/mol. The van der Waals surface area contributed by atoms with Gasteiger partial charge in [-0.15, -0.1) is 11.3 Å². The molecule has 1 N–H and O–H groups in total. The van der Waals surface area contributed by atoms with E-state index >= 15 is 0 Å². The number of benzene rings is 2. The zero-order chi connectivity index (χ0) is 17.9. The van der Waals surface area contributed by atoms with Gasteiger partial charge in [-0.2, -0.15) is 5.26 Å². The zero-order valence-corrected chi connectivity index (χ0v) is 15.1. The molecule has 0 radical (unpaired) electrons. The molecule has 4 rings (SSSR count). The summed E-state index contributed by atoms with van der Waals surface area (Å²) in [6.07, 6.45) is 1.74. The molecule has 0 fully saturated rings. The van der Waals surface area contributed by atoms with Crippen LogP contribution in [0.3, 0.4) is 0 Å². The van der Waals surface area contributed by atoms with Crippen LogP contribution in [0.1, 0.15) is 5.56 Å². The molecule has 0 spiro atoms. The van der Waals surface area contributed by atoms with Gasteiger partial charge in [0, 0.05) is 16.5 Å². The Kier molecular flexibility index (Phi) is 4.65. The van der Waals surface area contributed by atoms with Crippen molar-refractivity contribution in [2.75, 3.05) is 22.8 Å². The lowest BCUT2D eigenvalue weighted by molar-refractivity contribution is 0.312. The lowest BCUT2D eigenvalue weighted by Crippen LogP contribution is -2.29. The maximum absolute atomic E-state index is 14.4. The second-order valence-electron chi connectivity index (χ2n) is 5.42. The number of hydrogen-bond donors (Lipinski definition) is 1. The van der Waals surface area contributed by atoms with E-state index in [0.717, 1.165) is 15.7 Å². The van der Waals surface area contributed by atoms with Crippen LogP contribution in [0.5, 0.6) is 5.75 Å². The predicted molar refractivity (Wildman–Crippen MR) is 102 cm³/mol. The molecule has 130 valence electrons. The Morgan fingerprint density at radius 3 is 3.08 bits per heavy atom. The molecular weight excluding hydrogens is 371 g/mol. The number of hydrogen-bond acceptors (Lipinski definition) is 7. The number of anilines is 3. The topological polar surface area (TPSA) is 61.2 Å². The van der Waals surface area contributed by atoms with Gasteiger partial charge in [0.25, 0.3) is 0 Å². The number of aromatic nitrogens is 1. The summed E-state index contributed by atoms with van der Waals surface area (Å²) in [6, 6.07) is 12.3. The van der Waals surface area contributed by atoms with Crippen LogP contribution in [0, 0.1) is 17.1 Å². The van der Waals surface area contributed by atoms with Gasteiger partial charge < -0.3 is 14.4 Å². The van der Waals surface area contributed by atoms with Gasteiger partial charge in [0.1, 0.15) is 24.2 Å². The Morgan fingerprint density at radius 2 is 2.27 bits per heavy atom. The van der Waals surface area contributed by atoms with Gasteiger partial charge in [-0.25, -0.2) is 9.37 Å². The van der Waals surface area contributed by atoms with E-state index in [1.54, 1.807) is 23.2 Å². The van der Waals surface area contributed by atoms with Crippen molar-refractivity contribution in [3.05, 3.63) is 59.4 Å². The summed E-state index contributed by atoms with van der Waals surface area (Å²) in [4.78, 5) is 6.93. The van der Waals surface area contributed by atoms with Crippen LogP contribution < -0.4 is 14.4 Å². The molecule has 5 nitrogen and oxygen atoms in total. The highest BCUT2D eigenvalue weighted by molar-refractivity contribution is 8.00. The number of para-hydroxylation sites is 1. The first-order chi connectivity index (χ1) is 12.8. The molecule has 26 heavy (non-hydrogen) atoms. The quantitative estimate of drug-likeness (QED) is 0.652. The molecule has 2 aromatic carbocycles. The molecule has 3 aromatic rings. The van der Waals surface area contributed by atoms with Gasteiger partial charge in [0.05, 0.1) is 23.5 Å². The van der Waals surface area contributed by atoms with Gasteiger partial charge in [-0.3, -0.25) is 0 Å². The van der Waals surface area contributed by atoms with Crippen LogP contribution in [0.25, 0.3) is 0 Å². The van der Waals surface area contributed by atoms with E-state index in [2.05, 4.69) is 15.8 Å². The highest BCUT2D eigenvalue weighted by atomic mass is 32.2. The van der Waals surface area contributed by atoms with Gasteiger partial charge >= 0.3 is 0 Å². The van der Waals surface area contributed by atoms with E-state index < -0.39 is 5.82 Å². The zero-order valence-electron chi connectivity index (χ0n) is 13.5. The van der Waals surface area contributed by atoms with E-state index in [1.165, 1.54) is 29.4 Å². The highest BCUT2D eigenvalue weighted by Crippen LogP contribution is 2.41. The van der Waals surface area contributed by atoms with Crippen LogP contribution in [0.4, 0.5) is 20.9 Å².